The van der Waals surface area contributed by atoms with Crippen LogP contribution in [0.1, 0.15) is 74.4 Å². The van der Waals surface area contributed by atoms with Crippen molar-refractivity contribution in [1.29, 1.82) is 0 Å². The molecule has 7 atom stereocenters. The van der Waals surface area contributed by atoms with E-state index in [0.29, 0.717) is 37.7 Å². The van der Waals surface area contributed by atoms with Crippen LogP contribution in [0.4, 0.5) is 5.69 Å². The van der Waals surface area contributed by atoms with E-state index >= 15 is 0 Å². The number of ether oxygens (including phenoxy) is 2. The normalized spacial score (nSPS) is 30.2. The van der Waals surface area contributed by atoms with Gasteiger partial charge >= 0.3 is 0 Å². The lowest BCUT2D eigenvalue weighted by atomic mass is 9.68. The number of nitrogens with zero attached hydrogens (tertiary/aromatic N) is 2. The Bertz CT molecular complexity index is 1550. The number of nitrogens with one attached hydrogen (secondary N) is 1. The fraction of sp³-hybridized carbons (Fsp3) is 0.579. The van der Waals surface area contributed by atoms with Crippen LogP contribution in [0, 0.1) is 17.8 Å². The minimum atomic E-state index is -1.53. The summed E-state index contributed by atoms with van der Waals surface area (Å²) in [6.07, 6.45) is 9.28. The Morgan fingerprint density at radius 1 is 1.22 bits per heavy atom. The number of hydrogen-bond acceptors (Lipinski definition) is 7. The molecule has 2 bridgehead atoms. The van der Waals surface area contributed by atoms with Crippen LogP contribution in [-0.2, 0) is 32.4 Å². The first-order chi connectivity index (χ1) is 23.4. The van der Waals surface area contributed by atoms with Crippen molar-refractivity contribution in [1.82, 2.24) is 9.62 Å². The molecule has 0 saturated heterocycles. The van der Waals surface area contributed by atoms with Crippen LogP contribution in [0.15, 0.2) is 48.6 Å². The van der Waals surface area contributed by atoms with Gasteiger partial charge in [0, 0.05) is 56.7 Å². The Hall–Kier alpha value is -2.92. The summed E-state index contributed by atoms with van der Waals surface area (Å²) in [5, 5.41) is 11.6. The quantitative estimate of drug-likeness (QED) is 0.394. The second-order valence-corrected chi connectivity index (χ2v) is 16.3. The smallest absolute Gasteiger partial charge is 0.263 e. The maximum atomic E-state index is 13.3. The summed E-state index contributed by atoms with van der Waals surface area (Å²) in [5.41, 5.74) is 3.75. The Balaban J connectivity index is 0.000000459. The van der Waals surface area contributed by atoms with E-state index in [1.54, 1.807) is 25.1 Å². The molecule has 4 aliphatic rings. The summed E-state index contributed by atoms with van der Waals surface area (Å²) in [7, 11) is 1.84. The van der Waals surface area contributed by atoms with E-state index in [1.807, 2.05) is 44.2 Å². The van der Waals surface area contributed by atoms with Gasteiger partial charge in [-0.05, 0) is 105 Å². The Labute approximate surface area is 298 Å². The van der Waals surface area contributed by atoms with E-state index in [0.717, 1.165) is 61.7 Å². The number of fused-ring (bicyclic) bond motifs is 4. The van der Waals surface area contributed by atoms with Gasteiger partial charge < -0.3 is 24.4 Å². The summed E-state index contributed by atoms with van der Waals surface area (Å²) >= 11 is 6.39. The average Bonchev–Trinajstić information content (AvgIpc) is 3.21. The van der Waals surface area contributed by atoms with Crippen molar-refractivity contribution < 1.29 is 28.4 Å². The molecule has 2 aromatic rings. The van der Waals surface area contributed by atoms with Crippen molar-refractivity contribution in [2.24, 2.45) is 17.8 Å². The molecule has 1 spiro atoms. The van der Waals surface area contributed by atoms with Gasteiger partial charge in [0.15, 0.2) is 0 Å². The van der Waals surface area contributed by atoms with Gasteiger partial charge in [0.05, 0.1) is 30.3 Å². The fourth-order valence-corrected chi connectivity index (χ4v) is 8.63. The number of amides is 2. The van der Waals surface area contributed by atoms with E-state index in [9.17, 15) is 18.9 Å². The lowest BCUT2D eigenvalue weighted by Gasteiger charge is -2.45. The van der Waals surface area contributed by atoms with Crippen LogP contribution in [0.2, 0.25) is 5.02 Å². The Morgan fingerprint density at radius 2 is 2.02 bits per heavy atom. The highest BCUT2D eigenvalue weighted by Gasteiger charge is 2.44. The number of aryl methyl sites for hydroxylation is 1. The number of hydrogen-bond donors (Lipinski definition) is 2. The first-order valence-corrected chi connectivity index (χ1v) is 19.1. The van der Waals surface area contributed by atoms with E-state index in [-0.39, 0.29) is 34.3 Å². The molecule has 2 aromatic carbocycles. The molecule has 1 fully saturated rings. The molecule has 268 valence electrons. The third-order valence-corrected chi connectivity index (χ3v) is 12.8. The molecule has 11 heteroatoms. The molecule has 0 aromatic heterocycles. The molecule has 2 N–H and O–H groups in total. The van der Waals surface area contributed by atoms with Crippen LogP contribution in [-0.4, -0.2) is 84.4 Å². The van der Waals surface area contributed by atoms with Crippen LogP contribution < -0.4 is 14.4 Å². The second kappa shape index (κ2) is 16.4. The molecular formula is C38H52ClN3O6S. The van der Waals surface area contributed by atoms with Gasteiger partial charge in [0.2, 0.25) is 5.91 Å². The van der Waals surface area contributed by atoms with Crippen LogP contribution in [0.3, 0.4) is 0 Å². The lowest BCUT2D eigenvalue weighted by Crippen LogP contribution is -2.49. The summed E-state index contributed by atoms with van der Waals surface area (Å²) in [6.45, 7) is 8.84. The zero-order valence-electron chi connectivity index (χ0n) is 29.5. The van der Waals surface area contributed by atoms with Gasteiger partial charge in [0.25, 0.3) is 5.91 Å². The van der Waals surface area contributed by atoms with Crippen molar-refractivity contribution in [3.63, 3.8) is 0 Å². The minimum absolute atomic E-state index is 0.0760. The first-order valence-electron chi connectivity index (χ1n) is 17.5. The third-order valence-electron chi connectivity index (χ3n) is 11.0. The van der Waals surface area contributed by atoms with Gasteiger partial charge in [-0.2, -0.15) is 0 Å². The second-order valence-electron chi connectivity index (χ2n) is 14.3. The van der Waals surface area contributed by atoms with Gasteiger partial charge in [-0.1, -0.05) is 36.7 Å². The fourth-order valence-electron chi connectivity index (χ4n) is 7.42. The number of methoxy groups -OCH3 is 1. The highest BCUT2D eigenvalue weighted by atomic mass is 35.5. The largest absolute Gasteiger partial charge is 0.490 e. The van der Waals surface area contributed by atoms with Crippen molar-refractivity contribution >= 4 is 40.1 Å². The van der Waals surface area contributed by atoms with Crippen LogP contribution >= 0.6 is 11.6 Å². The van der Waals surface area contributed by atoms with Gasteiger partial charge in [-0.3, -0.25) is 14.3 Å². The number of likely N-dealkylation sites (N-methyl/N-ethyl adjacent to an activating group) is 1. The minimum Gasteiger partial charge on any atom is -0.490 e. The molecule has 0 radical (unpaired) electrons. The molecule has 2 aliphatic heterocycles. The molecule has 9 nitrogen and oxygen atoms in total. The van der Waals surface area contributed by atoms with Crippen molar-refractivity contribution in [2.45, 2.75) is 76.1 Å². The number of aliphatic hydroxyl groups is 1. The Morgan fingerprint density at radius 3 is 2.73 bits per heavy atom. The molecular weight excluding hydrogens is 662 g/mol. The number of rotatable bonds is 3. The third kappa shape index (κ3) is 8.70. The van der Waals surface area contributed by atoms with E-state index in [2.05, 4.69) is 21.8 Å². The monoisotopic (exact) mass is 713 g/mol. The van der Waals surface area contributed by atoms with Gasteiger partial charge in [-0.15, -0.1) is 0 Å². The number of aliphatic hydroxyl groups excluding tert-OH is 1. The average molecular weight is 714 g/mol. The number of allylic oxidation sites excluding steroid dienone is 1. The summed E-state index contributed by atoms with van der Waals surface area (Å²) in [5.74, 6) is 1.12. The number of anilines is 1. The lowest BCUT2D eigenvalue weighted by molar-refractivity contribution is -0.128. The number of carbonyl (C=O) groups is 2. The zero-order valence-corrected chi connectivity index (χ0v) is 31.0. The number of halogens is 1. The van der Waals surface area contributed by atoms with Gasteiger partial charge in [-0.25, -0.2) is 4.21 Å². The molecule has 6 rings (SSSR count). The summed E-state index contributed by atoms with van der Waals surface area (Å²) in [6, 6.07) is 11.8. The number of carbonyl (C=O) groups excluding carboxylic acids is 2. The summed E-state index contributed by atoms with van der Waals surface area (Å²) < 4.78 is 27.1. The van der Waals surface area contributed by atoms with Gasteiger partial charge in [0.1, 0.15) is 16.7 Å². The summed E-state index contributed by atoms with van der Waals surface area (Å²) in [4.78, 5) is 27.8. The molecule has 6 unspecified atom stereocenters. The molecule has 1 saturated carbocycles. The molecule has 2 heterocycles. The zero-order chi connectivity index (χ0) is 35.3. The van der Waals surface area contributed by atoms with Crippen molar-refractivity contribution in [3.05, 3.63) is 70.3 Å². The molecule has 2 amide bonds. The molecule has 2 aliphatic carbocycles. The van der Waals surface area contributed by atoms with Crippen molar-refractivity contribution in [2.75, 3.05) is 51.9 Å². The highest BCUT2D eigenvalue weighted by molar-refractivity contribution is 7.84. The SMILES string of the molecule is CC1C/C=C/C(O)C2CCC2CN2C[C@@]3(CCCc4cc(Cl)ccc43)COc3ccc(cc32)C(=O)NS(=O)C1C.COCCN(C)C(C)=O. The predicted octanol–water partition coefficient (Wildman–Crippen LogP) is 5.69. The van der Waals surface area contributed by atoms with E-state index < -0.39 is 17.1 Å². The highest BCUT2D eigenvalue weighted by Crippen LogP contribution is 2.46. The van der Waals surface area contributed by atoms with E-state index in [1.165, 1.54) is 18.1 Å². The maximum Gasteiger partial charge on any atom is 0.263 e. The molecule has 49 heavy (non-hydrogen) atoms. The first kappa shape index (κ1) is 37.3. The predicted molar refractivity (Wildman–Crippen MR) is 196 cm³/mol. The van der Waals surface area contributed by atoms with Crippen molar-refractivity contribution in [3.8, 4) is 5.75 Å². The van der Waals surface area contributed by atoms with Crippen LogP contribution in [0.5, 0.6) is 5.75 Å². The maximum absolute atomic E-state index is 13.3. The Kier molecular flexibility index (Phi) is 12.5. The number of benzene rings is 2. The topological polar surface area (TPSA) is 108 Å². The van der Waals surface area contributed by atoms with Crippen LogP contribution in [0.25, 0.3) is 0 Å². The van der Waals surface area contributed by atoms with E-state index in [4.69, 9.17) is 21.1 Å². The standard InChI is InChI=1S/C32H39ClN2O4S.C6H13NO2/c1-20-5-3-7-29(36)26-11-8-24(26)17-35-18-32(14-4-6-22-15-25(33)10-12-27(22)32)19-39-30-13-9-23(16-28(30)35)31(37)34-40(38)21(20)2;1-6(8)7(2)4-5-9-3/h3,7,9-10,12-13,15-16,20-21,24,26,29,36H,4-6,8,11,14,17-19H2,1-2H3,(H,34,37);4-5H2,1-3H3/b7-3+;/t20?,21?,24?,26?,29?,32-,40?;/m0./s1.